The van der Waals surface area contributed by atoms with Gasteiger partial charge in [-0.2, -0.15) is 14.0 Å². The van der Waals surface area contributed by atoms with Crippen LogP contribution in [0, 0.1) is 18.3 Å². The van der Waals surface area contributed by atoms with Crippen molar-refractivity contribution in [2.45, 2.75) is 13.5 Å². The lowest BCUT2D eigenvalue weighted by Crippen LogP contribution is -2.11. The Morgan fingerprint density at radius 2 is 1.90 bits per heavy atom. The number of para-hydroxylation sites is 2. The summed E-state index contributed by atoms with van der Waals surface area (Å²) in [6.45, 7) is -1.09. The highest BCUT2D eigenvalue weighted by Crippen LogP contribution is 2.36. The summed E-state index contributed by atoms with van der Waals surface area (Å²) in [5, 5.41) is 11.8. The molecule has 4 rings (SSSR count). The molecule has 9 heteroatoms. The van der Waals surface area contributed by atoms with Crippen LogP contribution in [0.5, 0.6) is 0 Å². The van der Waals surface area contributed by atoms with Gasteiger partial charge in [-0.15, -0.1) is 0 Å². The second-order valence-corrected chi connectivity index (χ2v) is 7.15. The number of halogens is 2. The van der Waals surface area contributed by atoms with Crippen molar-refractivity contribution in [3.8, 4) is 16.8 Å². The summed E-state index contributed by atoms with van der Waals surface area (Å²) in [4.78, 5) is 21.5. The number of benzene rings is 2. The van der Waals surface area contributed by atoms with Gasteiger partial charge < -0.3 is 0 Å². The molecule has 0 spiro atoms. The van der Waals surface area contributed by atoms with E-state index in [1.54, 1.807) is 43.3 Å². The average molecular weight is 409 g/mol. The van der Waals surface area contributed by atoms with Crippen LogP contribution in [0.4, 0.5) is 13.9 Å². The number of nitrogens with zero attached hydrogens (tertiary/aromatic N) is 4. The van der Waals surface area contributed by atoms with Gasteiger partial charge in [0.15, 0.2) is 11.0 Å². The lowest BCUT2D eigenvalue weighted by atomic mass is 10.1. The van der Waals surface area contributed by atoms with Gasteiger partial charge in [-0.3, -0.25) is 14.7 Å². The van der Waals surface area contributed by atoms with E-state index in [9.17, 15) is 13.6 Å². The SMILES string of the molecule is Cc1nc(NC(=O)c2ccc(C#N)cc2)sc1-c1nc2ccccc2n1C(F)F. The predicted molar refractivity (Wildman–Crippen MR) is 106 cm³/mol. The molecule has 2 aromatic carbocycles. The van der Waals surface area contributed by atoms with Gasteiger partial charge in [0, 0.05) is 5.56 Å². The maximum absolute atomic E-state index is 13.7. The standard InChI is InChI=1S/C20H13F2N5OS/c1-11-16(17-25-14-4-2-3-5-15(14)27(17)19(21)22)29-20(24-11)26-18(28)13-8-6-12(10-23)7-9-13/h2-9,19H,1H3,(H,24,26,28). The smallest absolute Gasteiger partial charge is 0.298 e. The quantitative estimate of drug-likeness (QED) is 0.515. The molecule has 0 fully saturated rings. The van der Waals surface area contributed by atoms with Crippen molar-refractivity contribution in [2.75, 3.05) is 5.32 Å². The zero-order valence-corrected chi connectivity index (χ0v) is 15.9. The fraction of sp³-hybridized carbons (Fsp3) is 0.100. The van der Waals surface area contributed by atoms with Crippen LogP contribution in [-0.2, 0) is 0 Å². The molecule has 1 amide bonds. The molecule has 0 aliphatic carbocycles. The Kier molecular flexibility index (Phi) is 4.78. The average Bonchev–Trinajstić information content (AvgIpc) is 3.27. The van der Waals surface area contributed by atoms with Crippen LogP contribution < -0.4 is 5.32 Å². The number of nitrogens with one attached hydrogen (secondary N) is 1. The van der Waals surface area contributed by atoms with Crippen LogP contribution in [0.25, 0.3) is 21.7 Å². The largest absolute Gasteiger partial charge is 0.320 e. The van der Waals surface area contributed by atoms with E-state index < -0.39 is 12.5 Å². The van der Waals surface area contributed by atoms with E-state index in [0.29, 0.717) is 32.7 Å². The Hall–Kier alpha value is -3.64. The lowest BCUT2D eigenvalue weighted by molar-refractivity contribution is 0.0764. The third-order valence-electron chi connectivity index (χ3n) is 4.29. The molecule has 0 aliphatic heterocycles. The van der Waals surface area contributed by atoms with Crippen molar-refractivity contribution < 1.29 is 13.6 Å². The zero-order chi connectivity index (χ0) is 20.5. The highest BCUT2D eigenvalue weighted by atomic mass is 32.1. The van der Waals surface area contributed by atoms with Crippen molar-refractivity contribution in [1.29, 1.82) is 5.26 Å². The highest BCUT2D eigenvalue weighted by Gasteiger charge is 2.23. The molecule has 4 aromatic rings. The molecule has 2 heterocycles. The van der Waals surface area contributed by atoms with Gasteiger partial charge in [-0.1, -0.05) is 23.5 Å². The summed E-state index contributed by atoms with van der Waals surface area (Å²) in [5.41, 5.74) is 2.08. The first-order valence-electron chi connectivity index (χ1n) is 8.52. The summed E-state index contributed by atoms with van der Waals surface area (Å²) in [6.07, 6.45) is 0. The number of imidazole rings is 1. The second-order valence-electron chi connectivity index (χ2n) is 6.15. The number of carbonyl (C=O) groups excluding carboxylic acids is 1. The van der Waals surface area contributed by atoms with Gasteiger partial charge in [-0.05, 0) is 43.3 Å². The number of hydrogen-bond acceptors (Lipinski definition) is 5. The van der Waals surface area contributed by atoms with Gasteiger partial charge in [0.05, 0.1) is 33.2 Å². The van der Waals surface area contributed by atoms with Crippen LogP contribution >= 0.6 is 11.3 Å². The molecule has 6 nitrogen and oxygen atoms in total. The van der Waals surface area contributed by atoms with E-state index in [0.717, 1.165) is 15.9 Å². The molecule has 0 atom stereocenters. The molecule has 0 unspecified atom stereocenters. The Labute approximate surface area is 168 Å². The molecule has 144 valence electrons. The first-order chi connectivity index (χ1) is 14.0. The second kappa shape index (κ2) is 7.41. The molecule has 0 saturated carbocycles. The van der Waals surface area contributed by atoms with Gasteiger partial charge in [0.2, 0.25) is 0 Å². The Balaban J connectivity index is 1.68. The van der Waals surface area contributed by atoms with E-state index >= 15 is 0 Å². The Morgan fingerprint density at radius 1 is 1.17 bits per heavy atom. The third kappa shape index (κ3) is 3.46. The van der Waals surface area contributed by atoms with Crippen LogP contribution in [0.2, 0.25) is 0 Å². The topological polar surface area (TPSA) is 83.6 Å². The Morgan fingerprint density at radius 3 is 2.59 bits per heavy atom. The molecule has 0 radical (unpaired) electrons. The molecule has 29 heavy (non-hydrogen) atoms. The number of thiazole rings is 1. The lowest BCUT2D eigenvalue weighted by Gasteiger charge is -2.06. The molecular weight excluding hydrogens is 396 g/mol. The maximum atomic E-state index is 13.7. The van der Waals surface area contributed by atoms with Crippen molar-refractivity contribution in [3.05, 3.63) is 65.4 Å². The number of amides is 1. The zero-order valence-electron chi connectivity index (χ0n) is 15.1. The molecule has 2 aromatic heterocycles. The molecular formula is C20H13F2N5OS. The predicted octanol–water partition coefficient (Wildman–Crippen LogP) is 4.99. The molecule has 0 aliphatic rings. The number of anilines is 1. The maximum Gasteiger partial charge on any atom is 0.320 e. The summed E-state index contributed by atoms with van der Waals surface area (Å²) < 4.78 is 28.3. The van der Waals surface area contributed by atoms with Gasteiger partial charge in [-0.25, -0.2) is 9.97 Å². The minimum absolute atomic E-state index is 0.107. The third-order valence-corrected chi connectivity index (χ3v) is 5.36. The first kappa shape index (κ1) is 18.7. The van der Waals surface area contributed by atoms with E-state index in [2.05, 4.69) is 15.3 Å². The number of aromatic nitrogens is 3. The van der Waals surface area contributed by atoms with E-state index in [4.69, 9.17) is 5.26 Å². The number of aryl methyl sites for hydroxylation is 1. The van der Waals surface area contributed by atoms with E-state index in [-0.39, 0.29) is 11.0 Å². The number of fused-ring (bicyclic) bond motifs is 1. The fourth-order valence-electron chi connectivity index (χ4n) is 2.93. The minimum Gasteiger partial charge on any atom is -0.298 e. The van der Waals surface area contributed by atoms with Crippen LogP contribution in [0.3, 0.4) is 0 Å². The summed E-state index contributed by atoms with van der Waals surface area (Å²) in [6, 6.07) is 14.8. The minimum atomic E-state index is -2.77. The van der Waals surface area contributed by atoms with Crippen molar-refractivity contribution in [3.63, 3.8) is 0 Å². The van der Waals surface area contributed by atoms with E-state index in [1.165, 1.54) is 12.1 Å². The highest BCUT2D eigenvalue weighted by molar-refractivity contribution is 7.19. The van der Waals surface area contributed by atoms with Crippen LogP contribution in [-0.4, -0.2) is 20.4 Å². The summed E-state index contributed by atoms with van der Waals surface area (Å²) in [5.74, 6) is -0.299. The van der Waals surface area contributed by atoms with Crippen LogP contribution in [0.1, 0.15) is 28.2 Å². The van der Waals surface area contributed by atoms with Gasteiger partial charge in [0.25, 0.3) is 5.91 Å². The first-order valence-corrected chi connectivity index (χ1v) is 9.34. The number of alkyl halides is 2. The molecule has 0 bridgehead atoms. The number of rotatable bonds is 4. The summed E-state index contributed by atoms with van der Waals surface area (Å²) in [7, 11) is 0. The monoisotopic (exact) mass is 409 g/mol. The Bertz CT molecular complexity index is 1250. The fourth-order valence-corrected chi connectivity index (χ4v) is 3.87. The summed E-state index contributed by atoms with van der Waals surface area (Å²) >= 11 is 1.08. The van der Waals surface area contributed by atoms with Crippen molar-refractivity contribution >= 4 is 33.4 Å². The molecule has 0 saturated heterocycles. The van der Waals surface area contributed by atoms with E-state index in [1.807, 2.05) is 6.07 Å². The van der Waals surface area contributed by atoms with Gasteiger partial charge >= 0.3 is 6.55 Å². The van der Waals surface area contributed by atoms with Crippen LogP contribution in [0.15, 0.2) is 48.5 Å². The number of carbonyl (C=O) groups is 1. The number of nitriles is 1. The molecule has 1 N–H and O–H groups in total. The normalized spacial score (nSPS) is 11.0. The number of hydrogen-bond donors (Lipinski definition) is 1. The van der Waals surface area contributed by atoms with Crippen molar-refractivity contribution in [1.82, 2.24) is 14.5 Å². The van der Waals surface area contributed by atoms with Gasteiger partial charge in [0.1, 0.15) is 0 Å². The van der Waals surface area contributed by atoms with Crippen molar-refractivity contribution in [2.24, 2.45) is 0 Å².